The Morgan fingerprint density at radius 3 is 2.70 bits per heavy atom. The first-order chi connectivity index (χ1) is 12.8. The summed E-state index contributed by atoms with van der Waals surface area (Å²) in [5.41, 5.74) is 2.41. The van der Waals surface area contributed by atoms with Gasteiger partial charge in [0.2, 0.25) is 0 Å². The largest absolute Gasteiger partial charge is 0.393 e. The van der Waals surface area contributed by atoms with E-state index in [2.05, 4.69) is 26.8 Å². The van der Waals surface area contributed by atoms with Crippen LogP contribution in [0.2, 0.25) is 0 Å². The minimum atomic E-state index is -0.104. The van der Waals surface area contributed by atoms with Crippen LogP contribution in [0.25, 0.3) is 0 Å². The molecule has 8 atom stereocenters. The second kappa shape index (κ2) is 7.01. The van der Waals surface area contributed by atoms with Crippen molar-refractivity contribution in [2.24, 2.45) is 40.4 Å². The Kier molecular flexibility index (Phi) is 5.11. The van der Waals surface area contributed by atoms with Crippen molar-refractivity contribution in [2.75, 3.05) is 0 Å². The van der Waals surface area contributed by atoms with Crippen LogP contribution >= 0.6 is 0 Å². The van der Waals surface area contributed by atoms with Crippen LogP contribution in [0.4, 0.5) is 0 Å². The van der Waals surface area contributed by atoms with Crippen molar-refractivity contribution in [1.29, 1.82) is 0 Å². The van der Waals surface area contributed by atoms with Crippen molar-refractivity contribution in [3.63, 3.8) is 0 Å². The molecule has 0 radical (unpaired) electrons. The first-order valence-electron chi connectivity index (χ1n) is 11.6. The van der Waals surface area contributed by atoms with E-state index in [0.29, 0.717) is 22.5 Å². The number of carbonyl (C=O) groups excluding carboxylic acids is 1. The van der Waals surface area contributed by atoms with Gasteiger partial charge in [0.05, 0.1) is 6.10 Å². The SMILES string of the molecule is CC(=O)CCC(C)C1CCC2C3CC=C4CC(O)CCC4(C)C3CCC12C. The molecule has 0 saturated heterocycles. The van der Waals surface area contributed by atoms with Crippen molar-refractivity contribution < 1.29 is 9.90 Å². The minimum absolute atomic E-state index is 0.104. The predicted octanol–water partition coefficient (Wildman–Crippen LogP) is 5.93. The van der Waals surface area contributed by atoms with Crippen LogP contribution in [0.3, 0.4) is 0 Å². The summed E-state index contributed by atoms with van der Waals surface area (Å²) >= 11 is 0. The molecule has 8 unspecified atom stereocenters. The molecular weight excluding hydrogens is 332 g/mol. The van der Waals surface area contributed by atoms with Gasteiger partial charge in [0.15, 0.2) is 0 Å². The quantitative estimate of drug-likeness (QED) is 0.621. The molecular formula is C25H40O2. The van der Waals surface area contributed by atoms with E-state index in [4.69, 9.17) is 0 Å². The maximum atomic E-state index is 11.5. The summed E-state index contributed by atoms with van der Waals surface area (Å²) in [7, 11) is 0. The van der Waals surface area contributed by atoms with Gasteiger partial charge in [0.25, 0.3) is 0 Å². The molecule has 0 aromatic carbocycles. The zero-order chi connectivity index (χ0) is 19.4. The van der Waals surface area contributed by atoms with E-state index >= 15 is 0 Å². The van der Waals surface area contributed by atoms with Gasteiger partial charge < -0.3 is 9.90 Å². The number of aliphatic hydroxyl groups excluding tert-OH is 1. The van der Waals surface area contributed by atoms with Crippen molar-refractivity contribution in [3.8, 4) is 0 Å². The topological polar surface area (TPSA) is 37.3 Å². The predicted molar refractivity (Wildman–Crippen MR) is 110 cm³/mol. The molecule has 3 fully saturated rings. The van der Waals surface area contributed by atoms with E-state index in [1.54, 1.807) is 12.5 Å². The number of allylic oxidation sites excluding steroid dienone is 1. The fraction of sp³-hybridized carbons (Fsp3) is 0.880. The highest BCUT2D eigenvalue weighted by atomic mass is 16.3. The summed E-state index contributed by atoms with van der Waals surface area (Å²) in [6.07, 6.45) is 14.1. The van der Waals surface area contributed by atoms with E-state index in [0.717, 1.165) is 49.4 Å². The Labute approximate surface area is 166 Å². The monoisotopic (exact) mass is 372 g/mol. The second-order valence-electron chi connectivity index (χ2n) is 11.1. The van der Waals surface area contributed by atoms with Gasteiger partial charge >= 0.3 is 0 Å². The summed E-state index contributed by atoms with van der Waals surface area (Å²) in [4.78, 5) is 11.5. The van der Waals surface area contributed by atoms with Crippen molar-refractivity contribution in [2.45, 2.75) is 98.0 Å². The number of carbonyl (C=O) groups is 1. The highest BCUT2D eigenvalue weighted by Crippen LogP contribution is 2.67. The van der Waals surface area contributed by atoms with E-state index in [1.165, 1.54) is 38.5 Å². The smallest absolute Gasteiger partial charge is 0.129 e. The van der Waals surface area contributed by atoms with Gasteiger partial charge in [-0.1, -0.05) is 32.4 Å². The third-order valence-corrected chi connectivity index (χ3v) is 9.79. The van der Waals surface area contributed by atoms with Gasteiger partial charge in [-0.15, -0.1) is 0 Å². The number of hydrogen-bond acceptors (Lipinski definition) is 2. The third-order valence-electron chi connectivity index (χ3n) is 9.79. The molecule has 0 aromatic rings. The van der Waals surface area contributed by atoms with Gasteiger partial charge in [-0.05, 0) is 105 Å². The summed E-state index contributed by atoms with van der Waals surface area (Å²) in [5, 5.41) is 10.2. The Bertz CT molecular complexity index is 622. The molecule has 4 aliphatic rings. The first kappa shape index (κ1) is 19.7. The lowest BCUT2D eigenvalue weighted by Gasteiger charge is -2.58. The van der Waals surface area contributed by atoms with Gasteiger partial charge in [0, 0.05) is 6.42 Å². The van der Waals surface area contributed by atoms with Gasteiger partial charge in [0.1, 0.15) is 5.78 Å². The molecule has 0 aromatic heterocycles. The molecule has 0 bridgehead atoms. The maximum absolute atomic E-state index is 11.5. The van der Waals surface area contributed by atoms with E-state index < -0.39 is 0 Å². The molecule has 0 heterocycles. The molecule has 4 rings (SSSR count). The fourth-order valence-electron chi connectivity index (χ4n) is 8.25. The molecule has 27 heavy (non-hydrogen) atoms. The number of hydrogen-bond donors (Lipinski definition) is 1. The highest BCUT2D eigenvalue weighted by molar-refractivity contribution is 5.75. The molecule has 0 spiro atoms. The van der Waals surface area contributed by atoms with Crippen LogP contribution in [-0.2, 0) is 4.79 Å². The Balaban J connectivity index is 1.54. The van der Waals surface area contributed by atoms with Gasteiger partial charge in [-0.25, -0.2) is 0 Å². The molecule has 2 heteroatoms. The van der Waals surface area contributed by atoms with Crippen LogP contribution in [0.5, 0.6) is 0 Å². The molecule has 4 aliphatic carbocycles. The molecule has 1 N–H and O–H groups in total. The lowest BCUT2D eigenvalue weighted by molar-refractivity contribution is -0.117. The molecule has 0 amide bonds. The lowest BCUT2D eigenvalue weighted by atomic mass is 9.47. The van der Waals surface area contributed by atoms with E-state index in [1.807, 2.05) is 0 Å². The summed E-state index contributed by atoms with van der Waals surface area (Å²) in [6, 6.07) is 0. The van der Waals surface area contributed by atoms with Crippen LogP contribution in [0.1, 0.15) is 91.9 Å². The Hall–Kier alpha value is -0.630. The summed E-state index contributed by atoms with van der Waals surface area (Å²) in [5.74, 6) is 4.36. The van der Waals surface area contributed by atoms with Crippen molar-refractivity contribution in [1.82, 2.24) is 0 Å². The molecule has 2 nitrogen and oxygen atoms in total. The number of rotatable bonds is 4. The zero-order valence-electron chi connectivity index (χ0n) is 18.0. The van der Waals surface area contributed by atoms with Crippen LogP contribution in [0, 0.1) is 40.4 Å². The first-order valence-corrected chi connectivity index (χ1v) is 11.6. The molecule has 3 saturated carbocycles. The van der Waals surface area contributed by atoms with Gasteiger partial charge in [-0.3, -0.25) is 0 Å². The van der Waals surface area contributed by atoms with Crippen molar-refractivity contribution in [3.05, 3.63) is 11.6 Å². The van der Waals surface area contributed by atoms with Crippen LogP contribution < -0.4 is 0 Å². The number of fused-ring (bicyclic) bond motifs is 5. The summed E-state index contributed by atoms with van der Waals surface area (Å²) < 4.78 is 0. The maximum Gasteiger partial charge on any atom is 0.129 e. The minimum Gasteiger partial charge on any atom is -0.393 e. The van der Waals surface area contributed by atoms with Gasteiger partial charge in [-0.2, -0.15) is 0 Å². The van der Waals surface area contributed by atoms with Crippen LogP contribution in [-0.4, -0.2) is 17.0 Å². The third kappa shape index (κ3) is 3.15. The zero-order valence-corrected chi connectivity index (χ0v) is 18.0. The fourth-order valence-corrected chi connectivity index (χ4v) is 8.25. The molecule has 152 valence electrons. The van der Waals surface area contributed by atoms with Crippen LogP contribution in [0.15, 0.2) is 11.6 Å². The average molecular weight is 373 g/mol. The lowest BCUT2D eigenvalue weighted by Crippen LogP contribution is -2.50. The van der Waals surface area contributed by atoms with E-state index in [-0.39, 0.29) is 6.10 Å². The highest BCUT2D eigenvalue weighted by Gasteiger charge is 2.59. The standard InChI is InChI=1S/C25H40O2/c1-16(5-6-17(2)26)21-9-10-22-20-8-7-18-15-19(27)11-13-24(18,3)23(20)12-14-25(21,22)4/h7,16,19-23,27H,5-6,8-15H2,1-4H3. The second-order valence-corrected chi connectivity index (χ2v) is 11.1. The number of Topliss-reactive ketones (excluding diaryl/α,β-unsaturated/α-hetero) is 1. The average Bonchev–Trinajstić information content (AvgIpc) is 2.97. The Morgan fingerprint density at radius 1 is 1.19 bits per heavy atom. The normalized spacial score (nSPS) is 47.4. The number of aliphatic hydroxyl groups is 1. The Morgan fingerprint density at radius 2 is 1.96 bits per heavy atom. The van der Waals surface area contributed by atoms with E-state index in [9.17, 15) is 9.90 Å². The summed E-state index contributed by atoms with van der Waals surface area (Å²) in [6.45, 7) is 9.27. The number of ketones is 1. The molecule has 0 aliphatic heterocycles. The van der Waals surface area contributed by atoms with Crippen molar-refractivity contribution >= 4 is 5.78 Å².